The number of hydrogen-bond acceptors (Lipinski definition) is 3. The summed E-state index contributed by atoms with van der Waals surface area (Å²) in [6, 6.07) is 0. The first kappa shape index (κ1) is 11.4. The van der Waals surface area contributed by atoms with Gasteiger partial charge in [0.15, 0.2) is 0 Å². The molecule has 2 rings (SSSR count). The third-order valence-corrected chi connectivity index (χ3v) is 3.91. The van der Waals surface area contributed by atoms with Crippen LogP contribution in [-0.2, 0) is 9.59 Å². The van der Waals surface area contributed by atoms with Crippen molar-refractivity contribution in [2.45, 2.75) is 50.1 Å². The molecule has 0 saturated heterocycles. The molecule has 0 heterocycles. The number of nitrogens with one attached hydrogen (secondary N) is 1. The topological polar surface area (TPSA) is 92.4 Å². The van der Waals surface area contributed by atoms with Crippen molar-refractivity contribution in [3.8, 4) is 0 Å². The minimum atomic E-state index is -1.14. The Balaban J connectivity index is 2.06. The zero-order valence-electron chi connectivity index (χ0n) is 9.45. The quantitative estimate of drug-likeness (QED) is 0.640. The lowest BCUT2D eigenvalue weighted by Gasteiger charge is -2.39. The number of carbonyl (C=O) groups excluding carboxylic acids is 1. The summed E-state index contributed by atoms with van der Waals surface area (Å²) in [7, 11) is 0. The molecule has 1 amide bonds. The van der Waals surface area contributed by atoms with Crippen molar-refractivity contribution in [1.82, 2.24) is 5.32 Å². The second kappa shape index (κ2) is 3.45. The molecule has 5 nitrogen and oxygen atoms in total. The smallest absolute Gasteiger partial charge is 0.329 e. The molecule has 0 aliphatic heterocycles. The van der Waals surface area contributed by atoms with Crippen LogP contribution in [0.25, 0.3) is 0 Å². The van der Waals surface area contributed by atoms with E-state index in [2.05, 4.69) is 5.32 Å². The van der Waals surface area contributed by atoms with Gasteiger partial charge in [-0.15, -0.1) is 0 Å². The van der Waals surface area contributed by atoms with E-state index >= 15 is 0 Å². The monoisotopic (exact) mass is 226 g/mol. The molecule has 0 radical (unpaired) electrons. The predicted molar refractivity (Wildman–Crippen MR) is 57.7 cm³/mol. The molecule has 90 valence electrons. The van der Waals surface area contributed by atoms with Gasteiger partial charge in [0.1, 0.15) is 5.54 Å². The number of amides is 1. The average molecular weight is 226 g/mol. The van der Waals surface area contributed by atoms with E-state index < -0.39 is 17.0 Å². The standard InChI is InChI=1S/C11H18N2O3/c1-10(9(15)16,7-3-4-7)13-8(14)11(12)5-2-6-11/h7H,2-6,12H2,1H3,(H,13,14)(H,15,16). The first-order chi connectivity index (χ1) is 7.38. The number of nitrogens with two attached hydrogens (primary N) is 1. The van der Waals surface area contributed by atoms with Crippen molar-refractivity contribution in [3.63, 3.8) is 0 Å². The molecule has 4 N–H and O–H groups in total. The van der Waals surface area contributed by atoms with Gasteiger partial charge in [-0.25, -0.2) is 4.79 Å². The zero-order valence-corrected chi connectivity index (χ0v) is 9.45. The first-order valence-electron chi connectivity index (χ1n) is 5.73. The third-order valence-electron chi connectivity index (χ3n) is 3.91. The Hall–Kier alpha value is -1.10. The number of hydrogen-bond donors (Lipinski definition) is 3. The van der Waals surface area contributed by atoms with E-state index in [4.69, 9.17) is 5.73 Å². The van der Waals surface area contributed by atoms with Crippen molar-refractivity contribution >= 4 is 11.9 Å². The fourth-order valence-corrected chi connectivity index (χ4v) is 2.14. The van der Waals surface area contributed by atoms with Gasteiger partial charge in [-0.2, -0.15) is 0 Å². The van der Waals surface area contributed by atoms with Gasteiger partial charge < -0.3 is 16.2 Å². The Bertz CT molecular complexity index is 334. The van der Waals surface area contributed by atoms with Gasteiger partial charge in [0.05, 0.1) is 5.54 Å². The van der Waals surface area contributed by atoms with E-state index in [1.807, 2.05) is 0 Å². The van der Waals surface area contributed by atoms with E-state index in [0.29, 0.717) is 12.8 Å². The van der Waals surface area contributed by atoms with Crippen LogP contribution in [0, 0.1) is 5.92 Å². The van der Waals surface area contributed by atoms with Crippen LogP contribution in [0.2, 0.25) is 0 Å². The second-order valence-electron chi connectivity index (χ2n) is 5.25. The van der Waals surface area contributed by atoms with Crippen LogP contribution in [0.3, 0.4) is 0 Å². The first-order valence-corrected chi connectivity index (χ1v) is 5.73. The molecule has 5 heteroatoms. The van der Waals surface area contributed by atoms with Gasteiger partial charge >= 0.3 is 5.97 Å². The van der Waals surface area contributed by atoms with Crippen molar-refractivity contribution < 1.29 is 14.7 Å². The molecule has 0 spiro atoms. The number of aliphatic carboxylic acids is 1. The van der Waals surface area contributed by atoms with Gasteiger partial charge in [-0.3, -0.25) is 4.79 Å². The Labute approximate surface area is 94.4 Å². The number of carbonyl (C=O) groups is 2. The average Bonchev–Trinajstić information content (AvgIpc) is 2.96. The summed E-state index contributed by atoms with van der Waals surface area (Å²) in [5, 5.41) is 11.8. The predicted octanol–water partition coefficient (Wildman–Crippen LogP) is 0.237. The number of carboxylic acid groups (broad SMARTS) is 1. The van der Waals surface area contributed by atoms with Gasteiger partial charge in [-0.1, -0.05) is 0 Å². The fourth-order valence-electron chi connectivity index (χ4n) is 2.14. The highest BCUT2D eigenvalue weighted by molar-refractivity contribution is 5.92. The highest BCUT2D eigenvalue weighted by Crippen LogP contribution is 2.40. The maximum absolute atomic E-state index is 11.9. The molecule has 2 aliphatic carbocycles. The van der Waals surface area contributed by atoms with Crippen molar-refractivity contribution in [3.05, 3.63) is 0 Å². The van der Waals surface area contributed by atoms with Crippen LogP contribution in [0.5, 0.6) is 0 Å². The van der Waals surface area contributed by atoms with E-state index in [1.165, 1.54) is 0 Å². The molecule has 0 aromatic heterocycles. The van der Waals surface area contributed by atoms with Crippen LogP contribution in [0.15, 0.2) is 0 Å². The summed E-state index contributed by atoms with van der Waals surface area (Å²) < 4.78 is 0. The van der Waals surface area contributed by atoms with E-state index in [1.54, 1.807) is 6.92 Å². The van der Waals surface area contributed by atoms with Crippen LogP contribution in [0.1, 0.15) is 39.0 Å². The molecule has 0 bridgehead atoms. The summed E-state index contributed by atoms with van der Waals surface area (Å²) in [6.07, 6.45) is 3.97. The highest BCUT2D eigenvalue weighted by atomic mass is 16.4. The largest absolute Gasteiger partial charge is 0.480 e. The zero-order chi connectivity index (χ0) is 12.0. The van der Waals surface area contributed by atoms with Crippen LogP contribution in [-0.4, -0.2) is 28.1 Å². The van der Waals surface area contributed by atoms with Gasteiger partial charge in [0, 0.05) is 0 Å². The third kappa shape index (κ3) is 1.69. The van der Waals surface area contributed by atoms with Gasteiger partial charge in [0.2, 0.25) is 5.91 Å². The molecule has 2 saturated carbocycles. The molecule has 2 aliphatic rings. The molecule has 1 unspecified atom stereocenters. The minimum absolute atomic E-state index is 0.0534. The Morgan fingerprint density at radius 3 is 2.31 bits per heavy atom. The summed E-state index contributed by atoms with van der Waals surface area (Å²) in [4.78, 5) is 23.1. The lowest BCUT2D eigenvalue weighted by molar-refractivity contribution is -0.149. The second-order valence-corrected chi connectivity index (χ2v) is 5.25. The summed E-state index contributed by atoms with van der Waals surface area (Å²) in [6.45, 7) is 1.58. The lowest BCUT2D eigenvalue weighted by Crippen LogP contribution is -2.65. The minimum Gasteiger partial charge on any atom is -0.480 e. The molecule has 16 heavy (non-hydrogen) atoms. The summed E-state index contributed by atoms with van der Waals surface area (Å²) in [5.74, 6) is -1.22. The van der Waals surface area contributed by atoms with Crippen molar-refractivity contribution in [2.75, 3.05) is 0 Å². The van der Waals surface area contributed by atoms with Crippen molar-refractivity contribution in [2.24, 2.45) is 11.7 Å². The Kier molecular flexibility index (Phi) is 2.45. The molecule has 0 aromatic carbocycles. The molecule has 0 aromatic rings. The normalized spacial score (nSPS) is 26.4. The fraction of sp³-hybridized carbons (Fsp3) is 0.818. The molecule has 2 fully saturated rings. The number of carboxylic acids is 1. The summed E-state index contributed by atoms with van der Waals surface area (Å²) in [5.41, 5.74) is 3.90. The van der Waals surface area contributed by atoms with E-state index in [-0.39, 0.29) is 11.8 Å². The number of rotatable bonds is 4. The van der Waals surface area contributed by atoms with Crippen LogP contribution < -0.4 is 11.1 Å². The van der Waals surface area contributed by atoms with Crippen molar-refractivity contribution in [1.29, 1.82) is 0 Å². The summed E-state index contributed by atoms with van der Waals surface area (Å²) >= 11 is 0. The molecular weight excluding hydrogens is 208 g/mol. The highest BCUT2D eigenvalue weighted by Gasteiger charge is 2.51. The Morgan fingerprint density at radius 1 is 1.44 bits per heavy atom. The molecular formula is C11H18N2O3. The molecule has 1 atom stereocenters. The van der Waals surface area contributed by atoms with Gasteiger partial charge in [-0.05, 0) is 44.9 Å². The maximum Gasteiger partial charge on any atom is 0.329 e. The van der Waals surface area contributed by atoms with E-state index in [0.717, 1.165) is 19.3 Å². The maximum atomic E-state index is 11.9. The Morgan fingerprint density at radius 2 is 2.00 bits per heavy atom. The lowest BCUT2D eigenvalue weighted by atomic mass is 9.76. The van der Waals surface area contributed by atoms with Gasteiger partial charge in [0.25, 0.3) is 0 Å². The SMILES string of the molecule is CC(NC(=O)C1(N)CCC1)(C(=O)O)C1CC1. The van der Waals surface area contributed by atoms with Crippen LogP contribution >= 0.6 is 0 Å². The van der Waals surface area contributed by atoms with E-state index in [9.17, 15) is 14.7 Å². The van der Waals surface area contributed by atoms with Crippen LogP contribution in [0.4, 0.5) is 0 Å².